The molecule has 0 spiro atoms. The van der Waals surface area contributed by atoms with Crippen molar-refractivity contribution in [2.24, 2.45) is 0 Å². The van der Waals surface area contributed by atoms with Gasteiger partial charge in [0, 0.05) is 26.2 Å². The zero-order valence-electron chi connectivity index (χ0n) is 11.3. The summed E-state index contributed by atoms with van der Waals surface area (Å²) >= 11 is 0. The van der Waals surface area contributed by atoms with Crippen LogP contribution in [-0.4, -0.2) is 62.0 Å². The SMILES string of the molecule is COC(=O)c1ccccc1C(=O)N1CCN(C)CC1. The van der Waals surface area contributed by atoms with Gasteiger partial charge in [0.2, 0.25) is 0 Å². The largest absolute Gasteiger partial charge is 0.465 e. The molecule has 1 heterocycles. The number of hydrogen-bond acceptors (Lipinski definition) is 4. The van der Waals surface area contributed by atoms with Gasteiger partial charge >= 0.3 is 5.97 Å². The topological polar surface area (TPSA) is 49.9 Å². The number of carbonyl (C=O) groups excluding carboxylic acids is 2. The minimum atomic E-state index is -0.474. The van der Waals surface area contributed by atoms with E-state index in [2.05, 4.69) is 4.90 Å². The number of ether oxygens (including phenoxy) is 1. The summed E-state index contributed by atoms with van der Waals surface area (Å²) in [6.07, 6.45) is 0. The molecule has 5 heteroatoms. The molecule has 1 saturated heterocycles. The molecule has 0 saturated carbocycles. The molecule has 1 aromatic rings. The smallest absolute Gasteiger partial charge is 0.338 e. The Balaban J connectivity index is 2.21. The predicted molar refractivity (Wildman–Crippen MR) is 71.2 cm³/mol. The van der Waals surface area contributed by atoms with Gasteiger partial charge in [0.1, 0.15) is 0 Å². The normalized spacial score (nSPS) is 16.2. The summed E-state index contributed by atoms with van der Waals surface area (Å²) in [5.74, 6) is -0.577. The lowest BCUT2D eigenvalue weighted by molar-refractivity contribution is 0.0580. The van der Waals surface area contributed by atoms with Crippen molar-refractivity contribution in [3.8, 4) is 0 Å². The van der Waals surface area contributed by atoms with Crippen molar-refractivity contribution >= 4 is 11.9 Å². The van der Waals surface area contributed by atoms with E-state index in [0.29, 0.717) is 24.2 Å². The van der Waals surface area contributed by atoms with E-state index in [1.54, 1.807) is 29.2 Å². The molecule has 19 heavy (non-hydrogen) atoms. The molecule has 0 unspecified atom stereocenters. The highest BCUT2D eigenvalue weighted by Crippen LogP contribution is 2.14. The van der Waals surface area contributed by atoms with Gasteiger partial charge < -0.3 is 14.5 Å². The first-order chi connectivity index (χ1) is 9.13. The number of likely N-dealkylation sites (N-methyl/N-ethyl adjacent to an activating group) is 1. The fourth-order valence-electron chi connectivity index (χ4n) is 2.14. The summed E-state index contributed by atoms with van der Waals surface area (Å²) in [5.41, 5.74) is 0.743. The fraction of sp³-hybridized carbons (Fsp3) is 0.429. The number of hydrogen-bond donors (Lipinski definition) is 0. The Hall–Kier alpha value is -1.88. The van der Waals surface area contributed by atoms with Crippen molar-refractivity contribution in [2.45, 2.75) is 0 Å². The number of methoxy groups -OCH3 is 1. The molecule has 0 atom stereocenters. The van der Waals surface area contributed by atoms with E-state index in [4.69, 9.17) is 4.74 Å². The second-order valence-electron chi connectivity index (χ2n) is 4.63. The molecule has 0 radical (unpaired) electrons. The maximum Gasteiger partial charge on any atom is 0.338 e. The highest BCUT2D eigenvalue weighted by atomic mass is 16.5. The summed E-state index contributed by atoms with van der Waals surface area (Å²) in [6, 6.07) is 6.78. The average molecular weight is 262 g/mol. The van der Waals surface area contributed by atoms with Crippen molar-refractivity contribution in [3.63, 3.8) is 0 Å². The van der Waals surface area contributed by atoms with Gasteiger partial charge in [-0.1, -0.05) is 12.1 Å². The van der Waals surface area contributed by atoms with E-state index >= 15 is 0 Å². The van der Waals surface area contributed by atoms with Gasteiger partial charge in [0.25, 0.3) is 5.91 Å². The number of esters is 1. The fourth-order valence-corrected chi connectivity index (χ4v) is 2.14. The molecule has 1 aromatic carbocycles. The Morgan fingerprint density at radius 1 is 1.05 bits per heavy atom. The molecule has 0 N–H and O–H groups in total. The van der Waals surface area contributed by atoms with Crippen molar-refractivity contribution in [3.05, 3.63) is 35.4 Å². The second kappa shape index (κ2) is 5.84. The molecule has 0 aromatic heterocycles. The number of amides is 1. The van der Waals surface area contributed by atoms with Crippen LogP contribution in [0.25, 0.3) is 0 Å². The Labute approximate surface area is 112 Å². The Morgan fingerprint density at radius 2 is 1.63 bits per heavy atom. The summed E-state index contributed by atoms with van der Waals surface area (Å²) in [5, 5.41) is 0. The molecular weight excluding hydrogens is 244 g/mol. The van der Waals surface area contributed by atoms with Crippen LogP contribution in [0.5, 0.6) is 0 Å². The van der Waals surface area contributed by atoms with Crippen LogP contribution in [-0.2, 0) is 4.74 Å². The molecule has 1 aliphatic rings. The highest BCUT2D eigenvalue weighted by Gasteiger charge is 2.24. The summed E-state index contributed by atoms with van der Waals surface area (Å²) in [4.78, 5) is 28.1. The van der Waals surface area contributed by atoms with Gasteiger partial charge in [0.05, 0.1) is 18.2 Å². The minimum Gasteiger partial charge on any atom is -0.465 e. The third kappa shape index (κ3) is 2.93. The average Bonchev–Trinajstić information content (AvgIpc) is 2.46. The van der Waals surface area contributed by atoms with Crippen LogP contribution in [0.4, 0.5) is 0 Å². The number of benzene rings is 1. The van der Waals surface area contributed by atoms with Gasteiger partial charge in [-0.15, -0.1) is 0 Å². The van der Waals surface area contributed by atoms with E-state index in [1.807, 2.05) is 7.05 Å². The quantitative estimate of drug-likeness (QED) is 0.742. The summed E-state index contributed by atoms with van der Waals surface area (Å²) in [6.45, 7) is 3.08. The first-order valence-corrected chi connectivity index (χ1v) is 6.28. The first-order valence-electron chi connectivity index (χ1n) is 6.28. The van der Waals surface area contributed by atoms with Crippen molar-refractivity contribution < 1.29 is 14.3 Å². The highest BCUT2D eigenvalue weighted by molar-refractivity contribution is 6.05. The first kappa shape index (κ1) is 13.5. The molecule has 0 aliphatic carbocycles. The van der Waals surface area contributed by atoms with E-state index in [0.717, 1.165) is 13.1 Å². The van der Waals surface area contributed by atoms with E-state index in [9.17, 15) is 9.59 Å². The molecule has 0 bridgehead atoms. The molecule has 102 valence electrons. The Morgan fingerprint density at radius 3 is 2.21 bits per heavy atom. The molecule has 1 amide bonds. The molecular formula is C14H18N2O3. The molecule has 5 nitrogen and oxygen atoms in total. The van der Waals surface area contributed by atoms with Gasteiger partial charge in [-0.3, -0.25) is 4.79 Å². The predicted octanol–water partition coefficient (Wildman–Crippen LogP) is 0.861. The van der Waals surface area contributed by atoms with Crippen LogP contribution in [0.15, 0.2) is 24.3 Å². The van der Waals surface area contributed by atoms with Crippen LogP contribution in [0.3, 0.4) is 0 Å². The lowest BCUT2D eigenvalue weighted by atomic mass is 10.1. The minimum absolute atomic E-state index is 0.103. The maximum absolute atomic E-state index is 12.4. The van der Waals surface area contributed by atoms with E-state index < -0.39 is 5.97 Å². The maximum atomic E-state index is 12.4. The van der Waals surface area contributed by atoms with Gasteiger partial charge in [-0.2, -0.15) is 0 Å². The third-order valence-electron chi connectivity index (χ3n) is 3.35. The lowest BCUT2D eigenvalue weighted by Crippen LogP contribution is -2.47. The molecule has 1 aliphatic heterocycles. The monoisotopic (exact) mass is 262 g/mol. The molecule has 1 fully saturated rings. The van der Waals surface area contributed by atoms with E-state index in [-0.39, 0.29) is 5.91 Å². The van der Waals surface area contributed by atoms with Crippen LogP contribution in [0, 0.1) is 0 Å². The van der Waals surface area contributed by atoms with Gasteiger partial charge in [0.15, 0.2) is 0 Å². The molecule has 2 rings (SSSR count). The Kier molecular flexibility index (Phi) is 4.16. The zero-order valence-corrected chi connectivity index (χ0v) is 11.3. The lowest BCUT2D eigenvalue weighted by Gasteiger charge is -2.32. The number of rotatable bonds is 2. The van der Waals surface area contributed by atoms with Crippen molar-refractivity contribution in [1.82, 2.24) is 9.80 Å². The van der Waals surface area contributed by atoms with Crippen LogP contribution < -0.4 is 0 Å². The number of piperazine rings is 1. The van der Waals surface area contributed by atoms with Crippen LogP contribution in [0.1, 0.15) is 20.7 Å². The zero-order chi connectivity index (χ0) is 13.8. The second-order valence-corrected chi connectivity index (χ2v) is 4.63. The van der Waals surface area contributed by atoms with E-state index in [1.165, 1.54) is 7.11 Å². The van der Waals surface area contributed by atoms with Crippen LogP contribution in [0.2, 0.25) is 0 Å². The number of nitrogens with zero attached hydrogens (tertiary/aromatic N) is 2. The van der Waals surface area contributed by atoms with Gasteiger partial charge in [-0.05, 0) is 19.2 Å². The summed E-state index contributed by atoms with van der Waals surface area (Å²) in [7, 11) is 3.35. The summed E-state index contributed by atoms with van der Waals surface area (Å²) < 4.78 is 4.71. The van der Waals surface area contributed by atoms with Crippen LogP contribution >= 0.6 is 0 Å². The van der Waals surface area contributed by atoms with Crippen molar-refractivity contribution in [2.75, 3.05) is 40.3 Å². The third-order valence-corrected chi connectivity index (χ3v) is 3.35. The van der Waals surface area contributed by atoms with Gasteiger partial charge in [-0.25, -0.2) is 4.79 Å². The standard InChI is InChI=1S/C14H18N2O3/c1-15-7-9-16(10-8-15)13(17)11-5-3-4-6-12(11)14(18)19-2/h3-6H,7-10H2,1-2H3. The Bertz CT molecular complexity index is 479. The number of carbonyl (C=O) groups is 2. The van der Waals surface area contributed by atoms with Crippen molar-refractivity contribution in [1.29, 1.82) is 0 Å².